The highest BCUT2D eigenvalue weighted by Crippen LogP contribution is 2.17. The van der Waals surface area contributed by atoms with Gasteiger partial charge in [0.1, 0.15) is 5.75 Å². The minimum Gasteiger partial charge on any atom is -0.507 e. The molecule has 0 aromatic heterocycles. The lowest BCUT2D eigenvalue weighted by Gasteiger charge is -2.01. The van der Waals surface area contributed by atoms with Crippen molar-refractivity contribution in [1.82, 2.24) is 0 Å². The van der Waals surface area contributed by atoms with E-state index in [4.69, 9.17) is 0 Å². The maximum Gasteiger partial charge on any atom is 0.176 e. The Morgan fingerprint density at radius 1 is 1.46 bits per heavy atom. The Hall–Kier alpha value is -0.960. The third kappa shape index (κ3) is 2.77. The number of hydrogen-bond donors (Lipinski definition) is 1. The van der Waals surface area contributed by atoms with E-state index in [2.05, 4.69) is 0 Å². The molecule has 0 heterocycles. The molecule has 0 saturated carbocycles. The highest BCUT2D eigenvalue weighted by molar-refractivity contribution is 7.99. The highest BCUT2D eigenvalue weighted by Gasteiger charge is 2.08. The molecule has 70 valence electrons. The van der Waals surface area contributed by atoms with Gasteiger partial charge >= 0.3 is 0 Å². The highest BCUT2D eigenvalue weighted by atomic mass is 32.2. The molecule has 2 nitrogen and oxygen atoms in total. The van der Waals surface area contributed by atoms with E-state index >= 15 is 0 Å². The molecule has 0 saturated heterocycles. The number of rotatable bonds is 4. The number of ketones is 1. The van der Waals surface area contributed by atoms with Gasteiger partial charge in [-0.2, -0.15) is 11.8 Å². The molecule has 0 bridgehead atoms. The maximum atomic E-state index is 11.4. The lowest BCUT2D eigenvalue weighted by molar-refractivity contribution is 0.102. The van der Waals surface area contributed by atoms with Crippen LogP contribution in [0.25, 0.3) is 0 Å². The second-order valence-electron chi connectivity index (χ2n) is 2.58. The number of thioether (sulfide) groups is 1. The Balaban J connectivity index is 2.71. The van der Waals surface area contributed by atoms with Gasteiger partial charge in [0.2, 0.25) is 0 Å². The first kappa shape index (κ1) is 10.1. The predicted molar refractivity (Wildman–Crippen MR) is 55.4 cm³/mol. The summed E-state index contributed by atoms with van der Waals surface area (Å²) >= 11 is 1.56. The molecule has 1 aromatic carbocycles. The van der Waals surface area contributed by atoms with Crippen LogP contribution in [0.3, 0.4) is 0 Å². The smallest absolute Gasteiger partial charge is 0.176 e. The van der Waals surface area contributed by atoms with Crippen LogP contribution in [0.1, 0.15) is 17.3 Å². The van der Waals surface area contributed by atoms with Crippen molar-refractivity contribution < 1.29 is 9.90 Å². The Bertz CT molecular complexity index is 297. The molecule has 0 aliphatic rings. The minimum absolute atomic E-state index is 0.00931. The third-order valence-electron chi connectivity index (χ3n) is 1.64. The lowest BCUT2D eigenvalue weighted by Crippen LogP contribution is -2.02. The Kier molecular flexibility index (Phi) is 3.83. The van der Waals surface area contributed by atoms with Gasteiger partial charge in [-0.3, -0.25) is 4.79 Å². The van der Waals surface area contributed by atoms with Crippen molar-refractivity contribution >= 4 is 17.5 Å². The van der Waals surface area contributed by atoms with Crippen molar-refractivity contribution in [1.29, 1.82) is 0 Å². The van der Waals surface area contributed by atoms with Gasteiger partial charge in [0, 0.05) is 0 Å². The normalized spacial score (nSPS) is 9.92. The van der Waals surface area contributed by atoms with Gasteiger partial charge in [-0.05, 0) is 17.9 Å². The van der Waals surface area contributed by atoms with Crippen molar-refractivity contribution in [3.8, 4) is 5.75 Å². The van der Waals surface area contributed by atoms with Crippen LogP contribution >= 0.6 is 11.8 Å². The van der Waals surface area contributed by atoms with Gasteiger partial charge in [-0.25, -0.2) is 0 Å². The second-order valence-corrected chi connectivity index (χ2v) is 3.85. The molecule has 0 fully saturated rings. The standard InChI is InChI=1S/C10H12O2S/c1-2-13-7-10(12)8-5-3-4-6-9(8)11/h3-6,11H,2,7H2,1H3. The summed E-state index contributed by atoms with van der Waals surface area (Å²) in [7, 11) is 0. The molecular weight excluding hydrogens is 184 g/mol. The number of benzene rings is 1. The fourth-order valence-corrected chi connectivity index (χ4v) is 1.53. The number of para-hydroxylation sites is 1. The average molecular weight is 196 g/mol. The van der Waals surface area contributed by atoms with Crippen LogP contribution < -0.4 is 0 Å². The zero-order valence-corrected chi connectivity index (χ0v) is 8.30. The zero-order valence-electron chi connectivity index (χ0n) is 7.49. The molecule has 0 radical (unpaired) electrons. The summed E-state index contributed by atoms with van der Waals surface area (Å²) in [6.45, 7) is 2.00. The topological polar surface area (TPSA) is 37.3 Å². The van der Waals surface area contributed by atoms with Gasteiger partial charge in [0.05, 0.1) is 11.3 Å². The van der Waals surface area contributed by atoms with E-state index in [-0.39, 0.29) is 11.5 Å². The maximum absolute atomic E-state index is 11.4. The van der Waals surface area contributed by atoms with E-state index in [1.165, 1.54) is 6.07 Å². The van der Waals surface area contributed by atoms with Crippen LogP contribution in [-0.2, 0) is 0 Å². The molecule has 0 aliphatic heterocycles. The molecule has 3 heteroatoms. The predicted octanol–water partition coefficient (Wildman–Crippen LogP) is 2.33. The molecule has 0 spiro atoms. The van der Waals surface area contributed by atoms with Gasteiger partial charge in [-0.1, -0.05) is 19.1 Å². The number of carbonyl (C=O) groups is 1. The largest absolute Gasteiger partial charge is 0.507 e. The van der Waals surface area contributed by atoms with E-state index in [1.807, 2.05) is 6.92 Å². The summed E-state index contributed by atoms with van der Waals surface area (Å²) in [6.07, 6.45) is 0. The monoisotopic (exact) mass is 196 g/mol. The number of phenols is 1. The molecular formula is C10H12O2S. The Labute approximate surface area is 82.0 Å². The summed E-state index contributed by atoms with van der Waals surface area (Å²) in [4.78, 5) is 11.4. The lowest BCUT2D eigenvalue weighted by atomic mass is 10.1. The number of hydrogen-bond acceptors (Lipinski definition) is 3. The Morgan fingerprint density at radius 2 is 2.15 bits per heavy atom. The van der Waals surface area contributed by atoms with Crippen molar-refractivity contribution in [2.24, 2.45) is 0 Å². The quantitative estimate of drug-likeness (QED) is 0.751. The molecule has 1 N–H and O–H groups in total. The van der Waals surface area contributed by atoms with E-state index in [1.54, 1.807) is 30.0 Å². The van der Waals surface area contributed by atoms with Crippen molar-refractivity contribution in [2.75, 3.05) is 11.5 Å². The third-order valence-corrected chi connectivity index (χ3v) is 2.52. The summed E-state index contributed by atoms with van der Waals surface area (Å²) in [5, 5.41) is 9.35. The molecule has 0 atom stereocenters. The fourth-order valence-electron chi connectivity index (χ4n) is 0.982. The van der Waals surface area contributed by atoms with Crippen molar-refractivity contribution in [2.45, 2.75) is 6.92 Å². The van der Waals surface area contributed by atoms with Crippen LogP contribution in [0.5, 0.6) is 5.75 Å². The van der Waals surface area contributed by atoms with Gasteiger partial charge in [-0.15, -0.1) is 0 Å². The molecule has 0 amide bonds. The average Bonchev–Trinajstić information content (AvgIpc) is 2.15. The molecule has 1 rings (SSSR count). The number of Topliss-reactive ketones (excluding diaryl/α,β-unsaturated/α-hetero) is 1. The van der Waals surface area contributed by atoms with Gasteiger partial charge in [0.15, 0.2) is 5.78 Å². The molecule has 1 aromatic rings. The first-order valence-electron chi connectivity index (χ1n) is 4.14. The second kappa shape index (κ2) is 4.92. The molecule has 0 unspecified atom stereocenters. The zero-order chi connectivity index (χ0) is 9.68. The van der Waals surface area contributed by atoms with Crippen molar-refractivity contribution in [3.63, 3.8) is 0 Å². The van der Waals surface area contributed by atoms with E-state index in [0.29, 0.717) is 11.3 Å². The summed E-state index contributed by atoms with van der Waals surface area (Å²) < 4.78 is 0. The van der Waals surface area contributed by atoms with Gasteiger partial charge < -0.3 is 5.11 Å². The molecule has 0 aliphatic carbocycles. The molecule has 13 heavy (non-hydrogen) atoms. The SMILES string of the molecule is CCSCC(=O)c1ccccc1O. The number of carbonyl (C=O) groups excluding carboxylic acids is 1. The van der Waals surface area contributed by atoms with Gasteiger partial charge in [0.25, 0.3) is 0 Å². The Morgan fingerprint density at radius 3 is 2.77 bits per heavy atom. The van der Waals surface area contributed by atoms with Crippen LogP contribution in [0, 0.1) is 0 Å². The number of aromatic hydroxyl groups is 1. The summed E-state index contributed by atoms with van der Waals surface area (Å²) in [6, 6.07) is 6.64. The van der Waals surface area contributed by atoms with Crippen LogP contribution in [-0.4, -0.2) is 22.4 Å². The summed E-state index contributed by atoms with van der Waals surface area (Å²) in [5.41, 5.74) is 0.420. The van der Waals surface area contributed by atoms with E-state index in [9.17, 15) is 9.90 Å². The van der Waals surface area contributed by atoms with Crippen LogP contribution in [0.4, 0.5) is 0 Å². The van der Waals surface area contributed by atoms with Crippen molar-refractivity contribution in [3.05, 3.63) is 29.8 Å². The first-order chi connectivity index (χ1) is 6.25. The van der Waals surface area contributed by atoms with Crippen LogP contribution in [0.15, 0.2) is 24.3 Å². The van der Waals surface area contributed by atoms with E-state index in [0.717, 1.165) is 5.75 Å². The first-order valence-corrected chi connectivity index (χ1v) is 5.30. The minimum atomic E-state index is -0.00931. The van der Waals surface area contributed by atoms with E-state index < -0.39 is 0 Å². The fraction of sp³-hybridized carbons (Fsp3) is 0.300. The van der Waals surface area contributed by atoms with Crippen LogP contribution in [0.2, 0.25) is 0 Å². The summed E-state index contributed by atoms with van der Waals surface area (Å²) in [5.74, 6) is 1.42. The number of phenolic OH excluding ortho intramolecular Hbond substituents is 1.